The van der Waals surface area contributed by atoms with Crippen LogP contribution in [0.15, 0.2) is 48.5 Å². The van der Waals surface area contributed by atoms with Gasteiger partial charge in [-0.1, -0.05) is 42.5 Å². The molecule has 0 aromatic heterocycles. The van der Waals surface area contributed by atoms with Crippen molar-refractivity contribution in [1.29, 1.82) is 0 Å². The van der Waals surface area contributed by atoms with Crippen LogP contribution in [0.2, 0.25) is 11.6 Å². The molecule has 0 aliphatic heterocycles. The summed E-state index contributed by atoms with van der Waals surface area (Å²) in [5.74, 6) is 3.77. The minimum absolute atomic E-state index is 0.164. The van der Waals surface area contributed by atoms with Crippen molar-refractivity contribution in [2.75, 3.05) is 0 Å². The van der Waals surface area contributed by atoms with E-state index in [0.717, 1.165) is 34.6 Å². The summed E-state index contributed by atoms with van der Waals surface area (Å²) in [5.41, 5.74) is 3.61. The molecule has 4 aliphatic rings. The second kappa shape index (κ2) is 7.77. The third-order valence-corrected chi connectivity index (χ3v) is 11.0. The molecule has 4 aliphatic carbocycles. The lowest BCUT2D eigenvalue weighted by molar-refractivity contribution is -0.00586. The third-order valence-electron chi connectivity index (χ3n) is 8.37. The van der Waals surface area contributed by atoms with Gasteiger partial charge in [-0.15, -0.1) is 0 Å². The van der Waals surface area contributed by atoms with E-state index in [1.54, 1.807) is 0 Å². The minimum atomic E-state index is -1.04. The van der Waals surface area contributed by atoms with Gasteiger partial charge in [0.05, 0.1) is 6.55 Å². The van der Waals surface area contributed by atoms with Crippen molar-refractivity contribution in [2.24, 2.45) is 17.8 Å². The Labute approximate surface area is 189 Å². The summed E-state index contributed by atoms with van der Waals surface area (Å²) >= 11 is 0. The number of aliphatic hydroxyl groups is 1. The molecule has 0 heterocycles. The Morgan fingerprint density at radius 1 is 0.903 bits per heavy atom. The Morgan fingerprint density at radius 3 is 2.03 bits per heavy atom. The van der Waals surface area contributed by atoms with Gasteiger partial charge in [-0.25, -0.2) is 0 Å². The minimum Gasteiger partial charge on any atom is -0.384 e. The van der Waals surface area contributed by atoms with E-state index in [0.29, 0.717) is 5.41 Å². The zero-order valence-electron chi connectivity index (χ0n) is 19.5. The number of rotatable bonds is 5. The molecule has 0 amide bonds. The molecule has 164 valence electrons. The van der Waals surface area contributed by atoms with Crippen molar-refractivity contribution < 1.29 is 9.53 Å². The summed E-state index contributed by atoms with van der Waals surface area (Å²) in [5, 5.41) is 11.3. The highest BCUT2D eigenvalue weighted by molar-refractivity contribution is 6.54. The van der Waals surface area contributed by atoms with E-state index in [1.165, 1.54) is 44.1 Å². The molecule has 0 radical (unpaired) electrons. The smallest absolute Gasteiger partial charge is 0.384 e. The van der Waals surface area contributed by atoms with E-state index in [9.17, 15) is 5.11 Å². The summed E-state index contributed by atoms with van der Waals surface area (Å²) in [6.45, 7) is 9.14. The van der Waals surface area contributed by atoms with Gasteiger partial charge in [-0.2, -0.15) is 0 Å². The molecule has 31 heavy (non-hydrogen) atoms. The molecule has 0 saturated heterocycles. The Hall–Kier alpha value is -1.58. The van der Waals surface area contributed by atoms with Crippen molar-refractivity contribution in [3.8, 4) is 5.75 Å². The van der Waals surface area contributed by atoms with Crippen LogP contribution in [0, 0.1) is 17.8 Å². The van der Waals surface area contributed by atoms with Crippen molar-refractivity contribution >= 4 is 9.04 Å². The first-order valence-electron chi connectivity index (χ1n) is 12.1. The van der Waals surface area contributed by atoms with Gasteiger partial charge >= 0.3 is 9.04 Å². The number of hydrogen-bond acceptors (Lipinski definition) is 2. The molecule has 1 N–H and O–H groups in total. The van der Waals surface area contributed by atoms with E-state index in [1.807, 2.05) is 30.3 Å². The monoisotopic (exact) mass is 433 g/mol. The molecular weight excluding hydrogens is 396 g/mol. The van der Waals surface area contributed by atoms with Crippen LogP contribution < -0.4 is 4.43 Å². The summed E-state index contributed by atoms with van der Waals surface area (Å²) in [6, 6.07) is 16.6. The van der Waals surface area contributed by atoms with E-state index in [2.05, 4.69) is 45.5 Å². The number of benzene rings is 2. The highest BCUT2D eigenvalue weighted by Gasteiger charge is 2.53. The maximum atomic E-state index is 11.1. The quantitative estimate of drug-likeness (QED) is 0.513. The van der Waals surface area contributed by atoms with Crippen LogP contribution in [0.4, 0.5) is 0 Å². The normalized spacial score (nSPS) is 30.3. The van der Waals surface area contributed by atoms with Crippen molar-refractivity contribution in [1.82, 2.24) is 0 Å². The van der Waals surface area contributed by atoms with Crippen LogP contribution in [0.5, 0.6) is 5.75 Å². The van der Waals surface area contributed by atoms with Gasteiger partial charge in [0.15, 0.2) is 5.75 Å². The Kier molecular flexibility index (Phi) is 5.33. The van der Waals surface area contributed by atoms with E-state index >= 15 is 0 Å². The lowest BCUT2D eigenvalue weighted by atomic mass is 9.48. The fourth-order valence-electron chi connectivity index (χ4n) is 6.82. The van der Waals surface area contributed by atoms with Crippen LogP contribution in [0.25, 0.3) is 0 Å². The molecule has 0 spiro atoms. The molecule has 2 nitrogen and oxygen atoms in total. The summed E-state index contributed by atoms with van der Waals surface area (Å²) in [7, 11) is -1.04. The SMILES string of the molecule is C[Si+](Oc1cc(C(O)c2ccccc2)ccc1C12CC3CC(CC(C3)C1)C2)C(C)(C)C. The molecule has 2 aromatic rings. The van der Waals surface area contributed by atoms with Crippen molar-refractivity contribution in [3.63, 3.8) is 0 Å². The topological polar surface area (TPSA) is 29.5 Å². The highest BCUT2D eigenvalue weighted by atomic mass is 28.3. The number of aliphatic hydroxyl groups excluding tert-OH is 1. The zero-order chi connectivity index (χ0) is 21.8. The fraction of sp³-hybridized carbons (Fsp3) is 0.571. The van der Waals surface area contributed by atoms with Crippen molar-refractivity contribution in [2.45, 2.75) is 82.4 Å². The molecule has 2 aromatic carbocycles. The van der Waals surface area contributed by atoms with Gasteiger partial charge in [0.25, 0.3) is 0 Å². The molecule has 6 rings (SSSR count). The summed E-state index contributed by atoms with van der Waals surface area (Å²) in [6.07, 6.45) is 7.73. The average Bonchev–Trinajstić information content (AvgIpc) is 2.72. The first-order chi connectivity index (χ1) is 14.7. The van der Waals surface area contributed by atoms with Crippen LogP contribution in [-0.2, 0) is 5.41 Å². The molecule has 1 atom stereocenters. The van der Waals surface area contributed by atoms with Crippen molar-refractivity contribution in [3.05, 3.63) is 65.2 Å². The zero-order valence-corrected chi connectivity index (χ0v) is 20.5. The summed E-state index contributed by atoms with van der Waals surface area (Å²) < 4.78 is 6.82. The maximum absolute atomic E-state index is 11.1. The van der Waals surface area contributed by atoms with Crippen LogP contribution in [0.1, 0.15) is 82.1 Å². The first-order valence-corrected chi connectivity index (χ1v) is 14.0. The van der Waals surface area contributed by atoms with E-state index in [4.69, 9.17) is 4.43 Å². The standard InChI is InChI=1S/C28H37O2Si/c1-27(2,3)31(4)30-25-15-23(26(29)22-8-6-5-7-9-22)10-11-24(25)28-16-19-12-20(17-28)14-21(13-19)18-28/h5-11,15,19-21,26,29H,12-14,16-18H2,1-4H3/q+1. The van der Waals surface area contributed by atoms with Gasteiger partial charge < -0.3 is 9.53 Å². The summed E-state index contributed by atoms with van der Waals surface area (Å²) in [4.78, 5) is 0. The second-order valence-electron chi connectivity index (χ2n) is 11.7. The Balaban J connectivity index is 1.54. The number of hydrogen-bond donors (Lipinski definition) is 1. The van der Waals surface area contributed by atoms with Gasteiger partial charge in [0, 0.05) is 5.56 Å². The van der Waals surface area contributed by atoms with Crippen LogP contribution in [0.3, 0.4) is 0 Å². The van der Waals surface area contributed by atoms with Crippen LogP contribution in [-0.4, -0.2) is 14.1 Å². The second-order valence-corrected chi connectivity index (χ2v) is 14.5. The molecule has 3 heteroatoms. The Morgan fingerprint density at radius 2 is 1.48 bits per heavy atom. The van der Waals surface area contributed by atoms with Gasteiger partial charge in [0.2, 0.25) is 0 Å². The maximum Gasteiger partial charge on any atom is 0.544 e. The predicted molar refractivity (Wildman–Crippen MR) is 129 cm³/mol. The molecule has 4 bridgehead atoms. The fourth-order valence-corrected chi connectivity index (χ4v) is 7.62. The Bertz CT molecular complexity index is 894. The third kappa shape index (κ3) is 4.00. The highest BCUT2D eigenvalue weighted by Crippen LogP contribution is 2.62. The van der Waals surface area contributed by atoms with Gasteiger partial charge in [-0.05, 0) is 99.7 Å². The largest absolute Gasteiger partial charge is 0.544 e. The lowest BCUT2D eigenvalue weighted by Gasteiger charge is -2.57. The van der Waals surface area contributed by atoms with E-state index < -0.39 is 15.1 Å². The first kappa shape index (κ1) is 21.3. The average molecular weight is 434 g/mol. The van der Waals surface area contributed by atoms with E-state index in [-0.39, 0.29) is 5.04 Å². The van der Waals surface area contributed by atoms with Crippen LogP contribution >= 0.6 is 0 Å². The molecule has 4 fully saturated rings. The predicted octanol–water partition coefficient (Wildman–Crippen LogP) is 7.04. The van der Waals surface area contributed by atoms with Gasteiger partial charge in [0.1, 0.15) is 11.1 Å². The molecule has 1 unspecified atom stereocenters. The molecule has 4 saturated carbocycles. The lowest BCUT2D eigenvalue weighted by Crippen LogP contribution is -2.48. The molecular formula is C28H37O2Si+. The van der Waals surface area contributed by atoms with Gasteiger partial charge in [-0.3, -0.25) is 0 Å².